The van der Waals surface area contributed by atoms with Crippen molar-refractivity contribution >= 4 is 5.91 Å². The number of rotatable bonds is 6. The molecule has 124 valence electrons. The van der Waals surface area contributed by atoms with E-state index in [2.05, 4.69) is 34.5 Å². The predicted octanol–water partition coefficient (Wildman–Crippen LogP) is 1.87. The van der Waals surface area contributed by atoms with E-state index in [1.807, 2.05) is 11.6 Å². The van der Waals surface area contributed by atoms with Gasteiger partial charge >= 0.3 is 0 Å². The highest BCUT2D eigenvalue weighted by Crippen LogP contribution is 2.35. The molecule has 2 aromatic rings. The van der Waals surface area contributed by atoms with Crippen LogP contribution in [0.5, 0.6) is 0 Å². The van der Waals surface area contributed by atoms with Gasteiger partial charge in [0.25, 0.3) is 5.91 Å². The summed E-state index contributed by atoms with van der Waals surface area (Å²) in [6.45, 7) is 5.43. The first-order valence-electron chi connectivity index (χ1n) is 8.23. The molecule has 1 aliphatic rings. The van der Waals surface area contributed by atoms with Crippen molar-refractivity contribution in [3.05, 3.63) is 29.6 Å². The Balaban J connectivity index is 1.58. The van der Waals surface area contributed by atoms with E-state index in [4.69, 9.17) is 0 Å². The number of hydrogen-bond donors (Lipinski definition) is 1. The fraction of sp³-hybridized carbons (Fsp3) is 0.625. The van der Waals surface area contributed by atoms with Gasteiger partial charge in [-0.15, -0.1) is 10.2 Å². The summed E-state index contributed by atoms with van der Waals surface area (Å²) in [5.74, 6) is 2.72. The summed E-state index contributed by atoms with van der Waals surface area (Å²) in [7, 11) is 1.97. The molecule has 1 N–H and O–H groups in total. The van der Waals surface area contributed by atoms with Crippen molar-refractivity contribution in [2.75, 3.05) is 0 Å². The summed E-state index contributed by atoms with van der Waals surface area (Å²) < 4.78 is 3.81. The molecule has 2 heterocycles. The fourth-order valence-corrected chi connectivity index (χ4v) is 2.77. The third-order valence-corrected chi connectivity index (χ3v) is 4.32. The summed E-state index contributed by atoms with van der Waals surface area (Å²) >= 11 is 0. The van der Waals surface area contributed by atoms with E-state index in [1.165, 1.54) is 19.3 Å². The van der Waals surface area contributed by atoms with Gasteiger partial charge in [-0.3, -0.25) is 9.48 Å². The second kappa shape index (κ2) is 6.52. The van der Waals surface area contributed by atoms with Gasteiger partial charge in [0.1, 0.15) is 5.82 Å². The number of aromatic nitrogens is 5. The Labute approximate surface area is 136 Å². The molecule has 0 unspecified atom stereocenters. The maximum atomic E-state index is 12.2. The molecule has 7 nitrogen and oxygen atoms in total. The van der Waals surface area contributed by atoms with Crippen molar-refractivity contribution in [3.8, 4) is 0 Å². The van der Waals surface area contributed by atoms with Crippen molar-refractivity contribution in [3.63, 3.8) is 0 Å². The highest BCUT2D eigenvalue weighted by atomic mass is 16.1. The lowest BCUT2D eigenvalue weighted by atomic mass is 9.85. The molecule has 1 aliphatic carbocycles. The first-order valence-corrected chi connectivity index (χ1v) is 8.23. The van der Waals surface area contributed by atoms with E-state index in [0.717, 1.165) is 18.2 Å². The highest BCUT2D eigenvalue weighted by Gasteiger charge is 2.25. The van der Waals surface area contributed by atoms with Gasteiger partial charge in [0, 0.05) is 25.7 Å². The molecule has 7 heteroatoms. The van der Waals surface area contributed by atoms with Gasteiger partial charge in [0.05, 0.1) is 18.3 Å². The Morgan fingerprint density at radius 2 is 2.17 bits per heavy atom. The van der Waals surface area contributed by atoms with Gasteiger partial charge in [-0.1, -0.05) is 20.3 Å². The van der Waals surface area contributed by atoms with Crippen LogP contribution in [0.4, 0.5) is 0 Å². The molecule has 1 saturated carbocycles. The number of carbonyl (C=O) groups excluding carboxylic acids is 1. The molecule has 0 bridgehead atoms. The van der Waals surface area contributed by atoms with Crippen LogP contribution >= 0.6 is 0 Å². The highest BCUT2D eigenvalue weighted by molar-refractivity contribution is 5.93. The minimum absolute atomic E-state index is 0.131. The predicted molar refractivity (Wildman–Crippen MR) is 85.8 cm³/mol. The molecule has 0 aromatic carbocycles. The SMILES string of the molecule is CC(C)Cn1cc(C(=O)NCc2nnc(C3CCC3)n2C)cn1. The van der Waals surface area contributed by atoms with Crippen LogP contribution in [0, 0.1) is 5.92 Å². The normalized spacial score (nSPS) is 15.0. The van der Waals surface area contributed by atoms with E-state index >= 15 is 0 Å². The van der Waals surface area contributed by atoms with Crippen molar-refractivity contribution < 1.29 is 4.79 Å². The summed E-state index contributed by atoms with van der Waals surface area (Å²) in [6.07, 6.45) is 7.03. The summed E-state index contributed by atoms with van der Waals surface area (Å²) in [4.78, 5) is 12.2. The zero-order valence-electron chi connectivity index (χ0n) is 14.0. The monoisotopic (exact) mass is 316 g/mol. The summed E-state index contributed by atoms with van der Waals surface area (Å²) in [5, 5.41) is 15.6. The van der Waals surface area contributed by atoms with Crippen molar-refractivity contribution in [1.82, 2.24) is 29.9 Å². The molecule has 0 aliphatic heterocycles. The van der Waals surface area contributed by atoms with E-state index in [0.29, 0.717) is 23.9 Å². The Morgan fingerprint density at radius 1 is 1.39 bits per heavy atom. The lowest BCUT2D eigenvalue weighted by molar-refractivity contribution is 0.0949. The molecular weight excluding hydrogens is 292 g/mol. The lowest BCUT2D eigenvalue weighted by Gasteiger charge is -2.24. The van der Waals surface area contributed by atoms with E-state index in [1.54, 1.807) is 17.1 Å². The van der Waals surface area contributed by atoms with Crippen LogP contribution in [0.1, 0.15) is 61.0 Å². The summed E-state index contributed by atoms with van der Waals surface area (Å²) in [5.41, 5.74) is 0.576. The number of nitrogens with zero attached hydrogens (tertiary/aromatic N) is 5. The first kappa shape index (κ1) is 15.7. The zero-order chi connectivity index (χ0) is 16.4. The van der Waals surface area contributed by atoms with Gasteiger partial charge in [0.15, 0.2) is 5.82 Å². The van der Waals surface area contributed by atoms with E-state index in [9.17, 15) is 4.79 Å². The molecule has 1 fully saturated rings. The molecule has 0 atom stereocenters. The smallest absolute Gasteiger partial charge is 0.254 e. The van der Waals surface area contributed by atoms with Crippen LogP contribution in [0.3, 0.4) is 0 Å². The topological polar surface area (TPSA) is 77.6 Å². The molecule has 2 aromatic heterocycles. The Kier molecular flexibility index (Phi) is 4.45. The minimum atomic E-state index is -0.131. The van der Waals surface area contributed by atoms with Gasteiger partial charge < -0.3 is 9.88 Å². The van der Waals surface area contributed by atoms with E-state index < -0.39 is 0 Å². The van der Waals surface area contributed by atoms with Crippen LogP contribution in [0.15, 0.2) is 12.4 Å². The molecule has 0 spiro atoms. The molecule has 3 rings (SSSR count). The molecule has 0 saturated heterocycles. The third-order valence-electron chi connectivity index (χ3n) is 4.32. The van der Waals surface area contributed by atoms with Crippen LogP contribution in [-0.2, 0) is 20.1 Å². The molecule has 23 heavy (non-hydrogen) atoms. The Hall–Kier alpha value is -2.18. The molecular formula is C16H24N6O. The van der Waals surface area contributed by atoms with Gasteiger partial charge in [-0.25, -0.2) is 0 Å². The van der Waals surface area contributed by atoms with Crippen molar-refractivity contribution in [2.24, 2.45) is 13.0 Å². The lowest BCUT2D eigenvalue weighted by Crippen LogP contribution is -2.24. The van der Waals surface area contributed by atoms with Crippen molar-refractivity contribution in [1.29, 1.82) is 0 Å². The quantitative estimate of drug-likeness (QED) is 0.882. The number of nitrogens with one attached hydrogen (secondary N) is 1. The van der Waals surface area contributed by atoms with Crippen LogP contribution in [0.25, 0.3) is 0 Å². The number of amides is 1. The summed E-state index contributed by atoms with van der Waals surface area (Å²) in [6, 6.07) is 0. The first-order chi connectivity index (χ1) is 11.0. The standard InChI is InChI=1S/C16H24N6O/c1-11(2)9-22-10-13(7-18-22)16(23)17-8-14-19-20-15(21(14)3)12-5-4-6-12/h7,10-12H,4-6,8-9H2,1-3H3,(H,17,23). The Morgan fingerprint density at radius 3 is 2.83 bits per heavy atom. The number of hydrogen-bond acceptors (Lipinski definition) is 4. The largest absolute Gasteiger partial charge is 0.345 e. The Bertz CT molecular complexity index is 683. The maximum absolute atomic E-state index is 12.2. The second-order valence-corrected chi connectivity index (χ2v) is 6.69. The van der Waals surface area contributed by atoms with E-state index in [-0.39, 0.29) is 5.91 Å². The second-order valence-electron chi connectivity index (χ2n) is 6.69. The fourth-order valence-electron chi connectivity index (χ4n) is 2.77. The molecule has 0 radical (unpaired) electrons. The van der Waals surface area contributed by atoms with Gasteiger partial charge in [0.2, 0.25) is 0 Å². The van der Waals surface area contributed by atoms with Crippen LogP contribution in [-0.4, -0.2) is 30.5 Å². The van der Waals surface area contributed by atoms with Crippen LogP contribution < -0.4 is 5.32 Å². The van der Waals surface area contributed by atoms with Crippen LogP contribution in [0.2, 0.25) is 0 Å². The maximum Gasteiger partial charge on any atom is 0.254 e. The average molecular weight is 316 g/mol. The third kappa shape index (κ3) is 3.43. The zero-order valence-corrected chi connectivity index (χ0v) is 14.0. The van der Waals surface area contributed by atoms with Gasteiger partial charge in [-0.05, 0) is 18.8 Å². The van der Waals surface area contributed by atoms with Gasteiger partial charge in [-0.2, -0.15) is 5.10 Å². The molecule has 1 amide bonds. The average Bonchev–Trinajstić information content (AvgIpc) is 3.03. The minimum Gasteiger partial charge on any atom is -0.345 e. The van der Waals surface area contributed by atoms with Crippen molar-refractivity contribution in [2.45, 2.75) is 52.1 Å². The number of carbonyl (C=O) groups is 1.